The van der Waals surface area contributed by atoms with Gasteiger partial charge in [0.15, 0.2) is 11.4 Å². The minimum Gasteiger partial charge on any atom is -0.504 e. The van der Waals surface area contributed by atoms with Crippen molar-refractivity contribution in [3.8, 4) is 5.75 Å². The number of hydrogen-bond acceptors (Lipinski definition) is 6. The van der Waals surface area contributed by atoms with Gasteiger partial charge in [-0.1, -0.05) is 51.1 Å². The first-order valence-electron chi connectivity index (χ1n) is 9.05. The van der Waals surface area contributed by atoms with Crippen LogP contribution in [0.5, 0.6) is 5.75 Å². The Kier molecular flexibility index (Phi) is 5.46. The van der Waals surface area contributed by atoms with Gasteiger partial charge in [0.1, 0.15) is 10.2 Å². The van der Waals surface area contributed by atoms with Crippen molar-refractivity contribution >= 4 is 27.5 Å². The lowest BCUT2D eigenvalue weighted by atomic mass is 9.98. The zero-order valence-electron chi connectivity index (χ0n) is 16.1. The topological polar surface area (TPSA) is 72.3 Å². The van der Waals surface area contributed by atoms with E-state index in [-0.39, 0.29) is 23.5 Å². The molecule has 0 saturated heterocycles. The van der Waals surface area contributed by atoms with E-state index in [4.69, 9.17) is 9.72 Å². The van der Waals surface area contributed by atoms with Crippen LogP contribution in [0.3, 0.4) is 0 Å². The molecule has 0 unspecified atom stereocenters. The molecule has 0 aliphatic rings. The number of ether oxygens (including phenoxy) is 1. The van der Waals surface area contributed by atoms with E-state index in [1.807, 2.05) is 18.2 Å². The van der Waals surface area contributed by atoms with Crippen molar-refractivity contribution in [3.63, 3.8) is 0 Å². The van der Waals surface area contributed by atoms with Gasteiger partial charge in [-0.3, -0.25) is 0 Å². The molecule has 0 spiro atoms. The van der Waals surface area contributed by atoms with Gasteiger partial charge in [-0.2, -0.15) is 0 Å². The third-order valence-electron chi connectivity index (χ3n) is 4.19. The molecule has 3 aromatic rings. The molecule has 0 saturated carbocycles. The van der Waals surface area contributed by atoms with Crippen molar-refractivity contribution in [1.29, 1.82) is 0 Å². The molecule has 5 nitrogen and oxygen atoms in total. The van der Waals surface area contributed by atoms with Crippen molar-refractivity contribution in [2.24, 2.45) is 0 Å². The van der Waals surface area contributed by atoms with Gasteiger partial charge in [0.25, 0.3) is 0 Å². The third kappa shape index (κ3) is 4.11. The maximum Gasteiger partial charge on any atom is 0.360 e. The van der Waals surface area contributed by atoms with E-state index in [1.54, 1.807) is 6.92 Å². The highest BCUT2D eigenvalue weighted by atomic mass is 32.1. The standard InChI is InChI=1S/C21H24N2O3S/c1-5-26-19(25)16-17(24)18-15(23-20(27-18)21(2,3)4)14(22-16)12-11-13-9-7-6-8-10-13/h6-10,24H,5,11-12H2,1-4H3. The maximum absolute atomic E-state index is 12.3. The van der Waals surface area contributed by atoms with Crippen LogP contribution in [0.1, 0.15) is 54.4 Å². The van der Waals surface area contributed by atoms with Crippen molar-refractivity contribution in [2.75, 3.05) is 6.61 Å². The second-order valence-corrected chi connectivity index (χ2v) is 8.41. The second kappa shape index (κ2) is 7.64. The normalized spacial score (nSPS) is 11.7. The van der Waals surface area contributed by atoms with E-state index in [1.165, 1.54) is 16.9 Å². The average molecular weight is 385 g/mol. The lowest BCUT2D eigenvalue weighted by Gasteiger charge is -2.13. The predicted molar refractivity (Wildman–Crippen MR) is 108 cm³/mol. The van der Waals surface area contributed by atoms with Crippen molar-refractivity contribution in [2.45, 2.75) is 46.0 Å². The molecule has 0 amide bonds. The van der Waals surface area contributed by atoms with Crippen molar-refractivity contribution < 1.29 is 14.6 Å². The summed E-state index contributed by atoms with van der Waals surface area (Å²) in [4.78, 5) is 21.5. The summed E-state index contributed by atoms with van der Waals surface area (Å²) in [5.41, 5.74) is 2.38. The number of esters is 1. The average Bonchev–Trinajstić information content (AvgIpc) is 3.09. The summed E-state index contributed by atoms with van der Waals surface area (Å²) >= 11 is 1.41. The molecule has 0 radical (unpaired) electrons. The van der Waals surface area contributed by atoms with Gasteiger partial charge in [-0.25, -0.2) is 14.8 Å². The summed E-state index contributed by atoms with van der Waals surface area (Å²) in [6, 6.07) is 10.1. The quantitative estimate of drug-likeness (QED) is 0.648. The van der Waals surface area contributed by atoms with Crippen LogP contribution in [0.25, 0.3) is 10.2 Å². The summed E-state index contributed by atoms with van der Waals surface area (Å²) < 4.78 is 5.67. The third-order valence-corrected chi connectivity index (χ3v) is 5.68. The fourth-order valence-electron chi connectivity index (χ4n) is 2.77. The van der Waals surface area contributed by atoms with Gasteiger partial charge in [0.2, 0.25) is 0 Å². The number of aromatic nitrogens is 2. The summed E-state index contributed by atoms with van der Waals surface area (Å²) in [5.74, 6) is -0.747. The number of aryl methyl sites for hydroxylation is 2. The van der Waals surface area contributed by atoms with Crippen LogP contribution in [-0.4, -0.2) is 27.7 Å². The first kappa shape index (κ1) is 19.3. The number of carbonyl (C=O) groups is 1. The number of carbonyl (C=O) groups excluding carboxylic acids is 1. The van der Waals surface area contributed by atoms with Gasteiger partial charge >= 0.3 is 5.97 Å². The zero-order valence-corrected chi connectivity index (χ0v) is 16.9. The van der Waals surface area contributed by atoms with Crippen LogP contribution in [0, 0.1) is 0 Å². The van der Waals surface area contributed by atoms with Crippen molar-refractivity contribution in [1.82, 2.24) is 9.97 Å². The minimum atomic E-state index is -0.608. The van der Waals surface area contributed by atoms with Gasteiger partial charge < -0.3 is 9.84 Å². The highest BCUT2D eigenvalue weighted by Crippen LogP contribution is 2.38. The van der Waals surface area contributed by atoms with Crippen LogP contribution >= 0.6 is 11.3 Å². The Morgan fingerprint density at radius 1 is 1.15 bits per heavy atom. The van der Waals surface area contributed by atoms with Crippen LogP contribution in [0.15, 0.2) is 30.3 Å². The number of hydrogen-bond donors (Lipinski definition) is 1. The molecule has 6 heteroatoms. The van der Waals surface area contributed by atoms with Gasteiger partial charge in [-0.05, 0) is 25.3 Å². The van der Waals surface area contributed by atoms with E-state index in [2.05, 4.69) is 37.9 Å². The minimum absolute atomic E-state index is 0.0310. The van der Waals surface area contributed by atoms with Crippen LogP contribution < -0.4 is 0 Å². The molecule has 3 rings (SSSR count). The summed E-state index contributed by atoms with van der Waals surface area (Å²) in [6.45, 7) is 8.18. The van der Waals surface area contributed by atoms with Gasteiger partial charge in [0.05, 0.1) is 17.3 Å². The molecule has 0 aliphatic heterocycles. The molecule has 1 aromatic carbocycles. The summed E-state index contributed by atoms with van der Waals surface area (Å²) in [5, 5.41) is 11.5. The molecule has 2 aromatic heterocycles. The van der Waals surface area contributed by atoms with Gasteiger partial charge in [-0.15, -0.1) is 11.3 Å². The fourth-order valence-corrected chi connectivity index (χ4v) is 3.86. The van der Waals surface area contributed by atoms with E-state index in [0.717, 1.165) is 11.4 Å². The fraction of sp³-hybridized carbons (Fsp3) is 0.381. The lowest BCUT2D eigenvalue weighted by molar-refractivity contribution is 0.0516. The van der Waals surface area contributed by atoms with E-state index in [9.17, 15) is 9.90 Å². The maximum atomic E-state index is 12.3. The molecule has 1 N–H and O–H groups in total. The van der Waals surface area contributed by atoms with Crippen molar-refractivity contribution in [3.05, 3.63) is 52.3 Å². The summed E-state index contributed by atoms with van der Waals surface area (Å²) in [6.07, 6.45) is 1.40. The Bertz CT molecular complexity index is 959. The van der Waals surface area contributed by atoms with Crippen LogP contribution in [0.2, 0.25) is 0 Å². The number of thiazole rings is 1. The molecule has 2 heterocycles. The number of benzene rings is 1. The molecule has 0 fully saturated rings. The molecule has 142 valence electrons. The number of aromatic hydroxyl groups is 1. The van der Waals surface area contributed by atoms with Crippen LogP contribution in [0.4, 0.5) is 0 Å². The molecule has 0 atom stereocenters. The highest BCUT2D eigenvalue weighted by Gasteiger charge is 2.26. The highest BCUT2D eigenvalue weighted by molar-refractivity contribution is 7.19. The molecule has 27 heavy (non-hydrogen) atoms. The first-order chi connectivity index (χ1) is 12.8. The predicted octanol–water partition coefficient (Wildman–Crippen LogP) is 4.66. The first-order valence-corrected chi connectivity index (χ1v) is 9.86. The Labute approximate surface area is 163 Å². The Balaban J connectivity index is 2.09. The van der Waals surface area contributed by atoms with E-state index in [0.29, 0.717) is 22.3 Å². The molecular formula is C21H24N2O3S. The second-order valence-electron chi connectivity index (χ2n) is 7.41. The van der Waals surface area contributed by atoms with Gasteiger partial charge in [0, 0.05) is 5.41 Å². The molecule has 0 bridgehead atoms. The summed E-state index contributed by atoms with van der Waals surface area (Å²) in [7, 11) is 0. The largest absolute Gasteiger partial charge is 0.504 e. The van der Waals surface area contributed by atoms with E-state index < -0.39 is 5.97 Å². The Morgan fingerprint density at radius 2 is 1.85 bits per heavy atom. The van der Waals surface area contributed by atoms with E-state index >= 15 is 0 Å². The SMILES string of the molecule is CCOC(=O)c1nc(CCc2ccccc2)c2nc(C(C)(C)C)sc2c1O. The Morgan fingerprint density at radius 3 is 2.48 bits per heavy atom. The molecule has 0 aliphatic carbocycles. The lowest BCUT2D eigenvalue weighted by Crippen LogP contribution is -2.11. The monoisotopic (exact) mass is 384 g/mol. The number of nitrogens with zero attached hydrogens (tertiary/aromatic N) is 2. The Hall–Kier alpha value is -2.47. The van der Waals surface area contributed by atoms with Crippen LogP contribution in [-0.2, 0) is 23.0 Å². The number of pyridine rings is 1. The smallest absolute Gasteiger partial charge is 0.360 e. The zero-order chi connectivity index (χ0) is 19.6. The number of fused-ring (bicyclic) bond motifs is 1. The number of rotatable bonds is 5. The molecular weight excluding hydrogens is 360 g/mol.